The quantitative estimate of drug-likeness (QED) is 0.465. The number of ether oxygens (including phenoxy) is 2. The highest BCUT2D eigenvalue weighted by molar-refractivity contribution is 7.11. The van der Waals surface area contributed by atoms with Gasteiger partial charge in [-0.3, -0.25) is 15.0 Å². The number of benzene rings is 1. The van der Waals surface area contributed by atoms with E-state index in [2.05, 4.69) is 25.4 Å². The van der Waals surface area contributed by atoms with Crippen molar-refractivity contribution in [2.45, 2.75) is 31.5 Å². The Hall–Kier alpha value is -3.12. The van der Waals surface area contributed by atoms with Crippen LogP contribution < -0.4 is 5.32 Å². The van der Waals surface area contributed by atoms with E-state index < -0.39 is 17.8 Å². The maximum atomic E-state index is 13.9. The molecule has 4 aliphatic rings. The van der Waals surface area contributed by atoms with Gasteiger partial charge in [0.15, 0.2) is 10.8 Å². The molecule has 2 saturated heterocycles. The molecule has 2 N–H and O–H groups in total. The first-order valence-corrected chi connectivity index (χ1v) is 13.5. The predicted molar refractivity (Wildman–Crippen MR) is 138 cm³/mol. The van der Waals surface area contributed by atoms with Gasteiger partial charge in [0.05, 0.1) is 31.6 Å². The van der Waals surface area contributed by atoms with Crippen LogP contribution in [0, 0.1) is 18.2 Å². The maximum Gasteiger partial charge on any atom is 0.338 e. The van der Waals surface area contributed by atoms with Crippen molar-refractivity contribution in [1.82, 2.24) is 25.4 Å². The highest BCUT2D eigenvalue weighted by Gasteiger charge is 2.68. The molecular weight excluding hydrogens is 531 g/mol. The van der Waals surface area contributed by atoms with Crippen molar-refractivity contribution in [2.24, 2.45) is 10.4 Å². The van der Waals surface area contributed by atoms with Gasteiger partial charge in [-0.25, -0.2) is 14.2 Å². The van der Waals surface area contributed by atoms with Crippen LogP contribution in [0.25, 0.3) is 0 Å². The number of H-pyrrole nitrogens is 1. The lowest BCUT2D eigenvalue weighted by Gasteiger charge is -2.57. The van der Waals surface area contributed by atoms with E-state index in [1.807, 2.05) is 12.3 Å². The number of hydrogen-bond donors (Lipinski definition) is 2. The fraction of sp³-hybridized carbons (Fsp3) is 0.385. The van der Waals surface area contributed by atoms with Crippen molar-refractivity contribution in [1.29, 1.82) is 0 Å². The van der Waals surface area contributed by atoms with Gasteiger partial charge < -0.3 is 14.8 Å². The van der Waals surface area contributed by atoms with Crippen LogP contribution in [0.2, 0.25) is 5.02 Å². The van der Waals surface area contributed by atoms with Crippen LogP contribution in [0.5, 0.6) is 0 Å². The van der Waals surface area contributed by atoms with Gasteiger partial charge in [-0.15, -0.1) is 11.3 Å². The molecular formula is C26H24ClFN6O3S. The van der Waals surface area contributed by atoms with Gasteiger partial charge >= 0.3 is 5.97 Å². The Morgan fingerprint density at radius 3 is 3.05 bits per heavy atom. The van der Waals surface area contributed by atoms with E-state index in [0.717, 1.165) is 17.8 Å². The molecule has 4 atom stereocenters. The average Bonchev–Trinajstić information content (AvgIpc) is 3.68. The lowest BCUT2D eigenvalue weighted by molar-refractivity contribution is -0.136. The zero-order valence-electron chi connectivity index (χ0n) is 20.6. The van der Waals surface area contributed by atoms with Crippen molar-refractivity contribution in [3.05, 3.63) is 79.4 Å². The van der Waals surface area contributed by atoms with E-state index >= 15 is 0 Å². The molecule has 0 bridgehead atoms. The number of nitrogens with zero attached hydrogens (tertiary/aromatic N) is 4. The van der Waals surface area contributed by atoms with Crippen LogP contribution in [0.3, 0.4) is 0 Å². The second-order valence-electron chi connectivity index (χ2n) is 10.1. The summed E-state index contributed by atoms with van der Waals surface area (Å²) >= 11 is 7.92. The fourth-order valence-electron chi connectivity index (χ4n) is 6.61. The number of esters is 1. The second kappa shape index (κ2) is 8.70. The highest BCUT2D eigenvalue weighted by atomic mass is 35.5. The number of methoxy groups -OCH3 is 1. The number of nitrogens with one attached hydrogen (secondary N) is 2. The molecule has 7 rings (SSSR count). The van der Waals surface area contributed by atoms with Crippen LogP contribution in [0.15, 0.2) is 46.0 Å². The summed E-state index contributed by atoms with van der Waals surface area (Å²) in [5.74, 6) is -0.471. The molecule has 0 saturated carbocycles. The molecule has 2 fully saturated rings. The van der Waals surface area contributed by atoms with Crippen molar-refractivity contribution >= 4 is 34.7 Å². The summed E-state index contributed by atoms with van der Waals surface area (Å²) < 4.78 is 25.2. The first-order valence-electron chi connectivity index (χ1n) is 12.3. The molecule has 3 aliphatic heterocycles. The molecule has 0 amide bonds. The van der Waals surface area contributed by atoms with Crippen molar-refractivity contribution in [2.75, 3.05) is 26.9 Å². The number of carbonyl (C=O) groups excluding carboxylic acids is 1. The number of aromatic nitrogens is 3. The van der Waals surface area contributed by atoms with Gasteiger partial charge in [-0.2, -0.15) is 5.10 Å². The molecule has 0 radical (unpaired) electrons. The predicted octanol–water partition coefficient (Wildman–Crippen LogP) is 3.48. The Labute approximate surface area is 226 Å². The smallest absolute Gasteiger partial charge is 0.338 e. The van der Waals surface area contributed by atoms with Crippen molar-refractivity contribution < 1.29 is 18.7 Å². The molecule has 3 unspecified atom stereocenters. The van der Waals surface area contributed by atoms with Crippen LogP contribution in [-0.4, -0.2) is 64.8 Å². The number of amidine groups is 1. The third-order valence-electron chi connectivity index (χ3n) is 8.19. The van der Waals surface area contributed by atoms with E-state index in [9.17, 15) is 9.18 Å². The number of rotatable bonds is 5. The maximum absolute atomic E-state index is 13.9. The number of aryl methyl sites for hydroxylation is 1. The lowest BCUT2D eigenvalue weighted by atomic mass is 9.67. The van der Waals surface area contributed by atoms with Crippen LogP contribution in [0.4, 0.5) is 4.39 Å². The minimum Gasteiger partial charge on any atom is -0.466 e. The lowest BCUT2D eigenvalue weighted by Crippen LogP contribution is -2.65. The molecule has 9 nitrogen and oxygen atoms in total. The Bertz CT molecular complexity index is 1520. The van der Waals surface area contributed by atoms with Crippen molar-refractivity contribution in [3.63, 3.8) is 0 Å². The van der Waals surface area contributed by atoms with Gasteiger partial charge in [0, 0.05) is 69.6 Å². The molecule has 5 heterocycles. The molecule has 3 aromatic rings. The SMILES string of the molecule is COC(=O)C1=C(CN2C3COCC34Cc3n[nH]c(C)c3C24)NC(c2nccs2)=N[C@H]1c1ccc(F)cc1Cl. The zero-order valence-corrected chi connectivity index (χ0v) is 22.2. The number of hydrogen-bond acceptors (Lipinski definition) is 9. The summed E-state index contributed by atoms with van der Waals surface area (Å²) in [5.41, 5.74) is 4.84. The van der Waals surface area contributed by atoms with Gasteiger partial charge in [0.25, 0.3) is 0 Å². The number of aliphatic imine (C=N–C) groups is 1. The first kappa shape index (κ1) is 24.0. The average molecular weight is 555 g/mol. The van der Waals surface area contributed by atoms with Gasteiger partial charge in [0.1, 0.15) is 11.9 Å². The third-order valence-corrected chi connectivity index (χ3v) is 9.30. The topological polar surface area (TPSA) is 105 Å². The van der Waals surface area contributed by atoms with Crippen LogP contribution >= 0.6 is 22.9 Å². The number of likely N-dealkylation sites (tertiary alicyclic amines) is 1. The summed E-state index contributed by atoms with van der Waals surface area (Å²) in [6.07, 6.45) is 2.57. The standard InChI is InChI=1S/C26H24ClFN6O3S/c1-12-19-16(33-32-12)8-26-11-37-10-18(26)34(22(19)26)9-17-20(25(35)36-2)21(14-4-3-13(28)7-15(14)27)31-23(30-17)24-29-5-6-38-24/h3-7,18,21-22H,8-11H2,1-2H3,(H,30,31)(H,32,33)/t18?,21-,22?,26?/m0/s1. The number of carbonyl (C=O) groups is 1. The summed E-state index contributed by atoms with van der Waals surface area (Å²) in [5, 5.41) is 13.8. The van der Waals surface area contributed by atoms with Crippen LogP contribution in [-0.2, 0) is 20.7 Å². The molecule has 1 aliphatic carbocycles. The van der Waals surface area contributed by atoms with E-state index in [-0.39, 0.29) is 22.5 Å². The van der Waals surface area contributed by atoms with E-state index in [1.165, 1.54) is 36.1 Å². The normalized spacial score (nSPS) is 27.8. The fourth-order valence-corrected chi connectivity index (χ4v) is 7.46. The largest absolute Gasteiger partial charge is 0.466 e. The minimum absolute atomic E-state index is 0.00985. The number of fused-ring (bicyclic) bond motifs is 2. The van der Waals surface area contributed by atoms with E-state index in [1.54, 1.807) is 12.3 Å². The molecule has 12 heteroatoms. The third kappa shape index (κ3) is 3.35. The monoisotopic (exact) mass is 554 g/mol. The highest BCUT2D eigenvalue weighted by Crippen LogP contribution is 2.63. The van der Waals surface area contributed by atoms with Gasteiger partial charge in [-0.05, 0) is 19.1 Å². The van der Waals surface area contributed by atoms with E-state index in [0.29, 0.717) is 47.4 Å². The van der Waals surface area contributed by atoms with E-state index in [4.69, 9.17) is 26.1 Å². The Morgan fingerprint density at radius 2 is 2.29 bits per heavy atom. The Kier molecular flexibility index (Phi) is 5.49. The molecule has 196 valence electrons. The molecule has 1 aromatic carbocycles. The Morgan fingerprint density at radius 1 is 1.42 bits per heavy atom. The summed E-state index contributed by atoms with van der Waals surface area (Å²) in [6.45, 7) is 3.77. The van der Waals surface area contributed by atoms with Crippen molar-refractivity contribution in [3.8, 4) is 0 Å². The summed E-state index contributed by atoms with van der Waals surface area (Å²) in [4.78, 5) is 25.0. The minimum atomic E-state index is -0.800. The number of aromatic amines is 1. The second-order valence-corrected chi connectivity index (χ2v) is 11.4. The summed E-state index contributed by atoms with van der Waals surface area (Å²) in [6, 6.07) is 3.61. The zero-order chi connectivity index (χ0) is 26.2. The summed E-state index contributed by atoms with van der Waals surface area (Å²) in [7, 11) is 1.34. The van der Waals surface area contributed by atoms with Gasteiger partial charge in [-0.1, -0.05) is 17.7 Å². The Balaban J connectivity index is 1.34. The first-order chi connectivity index (χ1) is 18.4. The number of thiazole rings is 1. The van der Waals surface area contributed by atoms with Gasteiger partial charge in [0.2, 0.25) is 0 Å². The van der Waals surface area contributed by atoms with Crippen LogP contribution in [0.1, 0.15) is 39.6 Å². The molecule has 2 aromatic heterocycles. The number of halogens is 2. The molecule has 38 heavy (non-hydrogen) atoms. The molecule has 1 spiro atoms.